The largest absolute Gasteiger partial charge is 0.383 e. The predicted octanol–water partition coefficient (Wildman–Crippen LogP) is 2.98. The van der Waals surface area contributed by atoms with Gasteiger partial charge in [-0.05, 0) is 49.1 Å². The number of nitrogens with one attached hydrogen (secondary N) is 1. The van der Waals surface area contributed by atoms with Gasteiger partial charge in [-0.1, -0.05) is 37.3 Å². The van der Waals surface area contributed by atoms with Crippen LogP contribution in [-0.2, 0) is 6.54 Å². The molecule has 7 nitrogen and oxygen atoms in total. The number of halogens is 1. The Morgan fingerprint density at radius 3 is 2.32 bits per heavy atom. The molecule has 2 aromatic carbocycles. The summed E-state index contributed by atoms with van der Waals surface area (Å²) in [7, 11) is 0. The van der Waals surface area contributed by atoms with E-state index in [0.29, 0.717) is 17.5 Å². The van der Waals surface area contributed by atoms with E-state index >= 15 is 0 Å². The summed E-state index contributed by atoms with van der Waals surface area (Å²) in [4.78, 5) is 42.0. The Hall–Kier alpha value is -3.68. The van der Waals surface area contributed by atoms with Crippen molar-refractivity contribution < 1.29 is 9.18 Å². The molecule has 1 amide bonds. The lowest BCUT2D eigenvalue weighted by atomic mass is 10.0. The van der Waals surface area contributed by atoms with Crippen LogP contribution < -0.4 is 21.9 Å². The smallest absolute Gasteiger partial charge is 0.330 e. The quantitative estimate of drug-likeness (QED) is 0.635. The van der Waals surface area contributed by atoms with Gasteiger partial charge in [-0.25, -0.2) is 9.18 Å². The number of rotatable bonds is 6. The normalized spacial score (nSPS) is 10.8. The second-order valence-electron chi connectivity index (χ2n) is 7.45. The molecule has 3 rings (SSSR count). The maximum Gasteiger partial charge on any atom is 0.330 e. The molecule has 1 heterocycles. The zero-order valence-electron chi connectivity index (χ0n) is 17.7. The third kappa shape index (κ3) is 4.42. The van der Waals surface area contributed by atoms with Crippen molar-refractivity contribution in [2.24, 2.45) is 0 Å². The zero-order chi connectivity index (χ0) is 22.7. The minimum atomic E-state index is -0.746. The lowest BCUT2D eigenvalue weighted by molar-refractivity contribution is 0.0986. The number of H-pyrrole nitrogens is 1. The summed E-state index contributed by atoms with van der Waals surface area (Å²) in [5.74, 6) is -0.975. The third-order valence-electron chi connectivity index (χ3n) is 5.04. The molecule has 0 bridgehead atoms. The van der Waals surface area contributed by atoms with E-state index in [1.807, 2.05) is 37.3 Å². The van der Waals surface area contributed by atoms with E-state index in [-0.39, 0.29) is 36.0 Å². The number of carbonyl (C=O) groups excluding carboxylic acids is 1. The van der Waals surface area contributed by atoms with Crippen molar-refractivity contribution in [3.63, 3.8) is 0 Å². The molecule has 31 heavy (non-hydrogen) atoms. The van der Waals surface area contributed by atoms with Gasteiger partial charge in [-0.15, -0.1) is 0 Å². The number of benzene rings is 2. The number of anilines is 2. The van der Waals surface area contributed by atoms with Crippen LogP contribution in [0.1, 0.15) is 40.4 Å². The van der Waals surface area contributed by atoms with Crippen molar-refractivity contribution >= 4 is 17.4 Å². The standard InChI is InChI=1S/C23H25FN4O3/c1-4-10-27(22(30)17-11-14(2)18(24)15(3)12-17)19-20(25)28(23(31)26-21(19)29)13-16-8-6-5-7-9-16/h5-9,11-12H,4,10,13,25H2,1-3H3,(H,26,29,31). The molecule has 0 fully saturated rings. The molecule has 3 N–H and O–H groups in total. The Balaban J connectivity index is 2.13. The van der Waals surface area contributed by atoms with Crippen molar-refractivity contribution in [3.05, 3.63) is 91.4 Å². The highest BCUT2D eigenvalue weighted by atomic mass is 19.1. The Morgan fingerprint density at radius 1 is 1.13 bits per heavy atom. The van der Waals surface area contributed by atoms with Crippen molar-refractivity contribution in [2.75, 3.05) is 17.2 Å². The number of nitrogens with two attached hydrogens (primary N) is 1. The van der Waals surface area contributed by atoms with Gasteiger partial charge < -0.3 is 10.6 Å². The molecule has 0 atom stereocenters. The second-order valence-corrected chi connectivity index (χ2v) is 7.45. The maximum absolute atomic E-state index is 14.0. The summed E-state index contributed by atoms with van der Waals surface area (Å²) >= 11 is 0. The van der Waals surface area contributed by atoms with Gasteiger partial charge in [0.2, 0.25) is 0 Å². The summed E-state index contributed by atoms with van der Waals surface area (Å²) in [6, 6.07) is 12.0. The van der Waals surface area contributed by atoms with E-state index in [4.69, 9.17) is 5.73 Å². The van der Waals surface area contributed by atoms with E-state index < -0.39 is 17.2 Å². The topological polar surface area (TPSA) is 101 Å². The van der Waals surface area contributed by atoms with Crippen molar-refractivity contribution in [1.82, 2.24) is 9.55 Å². The van der Waals surface area contributed by atoms with Crippen LogP contribution in [0.15, 0.2) is 52.1 Å². The van der Waals surface area contributed by atoms with Gasteiger partial charge >= 0.3 is 5.69 Å². The number of aromatic nitrogens is 2. The molecule has 8 heteroatoms. The monoisotopic (exact) mass is 424 g/mol. The van der Waals surface area contributed by atoms with E-state index in [2.05, 4.69) is 4.98 Å². The first-order chi connectivity index (χ1) is 14.7. The molecule has 162 valence electrons. The molecule has 0 radical (unpaired) electrons. The summed E-state index contributed by atoms with van der Waals surface area (Å²) in [5.41, 5.74) is 6.46. The van der Waals surface area contributed by atoms with Crippen LogP contribution in [0.5, 0.6) is 0 Å². The molecule has 0 aliphatic rings. The van der Waals surface area contributed by atoms with Gasteiger partial charge in [0, 0.05) is 12.1 Å². The van der Waals surface area contributed by atoms with Crippen LogP contribution in [0.2, 0.25) is 0 Å². The van der Waals surface area contributed by atoms with Crippen molar-refractivity contribution in [3.8, 4) is 0 Å². The zero-order valence-corrected chi connectivity index (χ0v) is 17.7. The Labute approximate surface area is 178 Å². The molecule has 1 aromatic heterocycles. The molecule has 3 aromatic rings. The highest BCUT2D eigenvalue weighted by molar-refractivity contribution is 6.07. The molecule has 0 aliphatic carbocycles. The van der Waals surface area contributed by atoms with Gasteiger partial charge in [0.25, 0.3) is 11.5 Å². The summed E-state index contributed by atoms with van der Waals surface area (Å²) < 4.78 is 15.3. The van der Waals surface area contributed by atoms with E-state index in [1.54, 1.807) is 13.8 Å². The van der Waals surface area contributed by atoms with Gasteiger partial charge in [-0.2, -0.15) is 0 Å². The number of nitrogens with zero attached hydrogens (tertiary/aromatic N) is 2. The molecule has 0 aliphatic heterocycles. The number of amides is 1. The van der Waals surface area contributed by atoms with E-state index in [1.165, 1.54) is 21.6 Å². The van der Waals surface area contributed by atoms with Crippen LogP contribution in [0.3, 0.4) is 0 Å². The number of aromatic amines is 1. The van der Waals surface area contributed by atoms with Crippen LogP contribution >= 0.6 is 0 Å². The number of carbonyl (C=O) groups is 1. The van der Waals surface area contributed by atoms with Gasteiger partial charge in [-0.3, -0.25) is 19.1 Å². The van der Waals surface area contributed by atoms with Crippen molar-refractivity contribution in [1.29, 1.82) is 0 Å². The van der Waals surface area contributed by atoms with Crippen molar-refractivity contribution in [2.45, 2.75) is 33.7 Å². The molecule has 0 spiro atoms. The van der Waals surface area contributed by atoms with E-state index in [0.717, 1.165) is 5.56 Å². The number of hydrogen-bond acceptors (Lipinski definition) is 4. The second kappa shape index (κ2) is 8.99. The van der Waals surface area contributed by atoms with Gasteiger partial charge in [0.1, 0.15) is 11.6 Å². The SMILES string of the molecule is CCCN(C(=O)c1cc(C)c(F)c(C)c1)c1c(N)n(Cc2ccccc2)c(=O)[nH]c1=O. The average molecular weight is 424 g/mol. The van der Waals surface area contributed by atoms with Crippen LogP contribution in [0.25, 0.3) is 0 Å². The Morgan fingerprint density at radius 2 is 1.74 bits per heavy atom. The lowest BCUT2D eigenvalue weighted by Gasteiger charge is -2.24. The number of aryl methyl sites for hydroxylation is 2. The number of hydrogen-bond donors (Lipinski definition) is 2. The molecule has 0 unspecified atom stereocenters. The van der Waals surface area contributed by atoms with Gasteiger partial charge in [0.15, 0.2) is 5.69 Å². The average Bonchev–Trinajstić information content (AvgIpc) is 2.74. The first-order valence-corrected chi connectivity index (χ1v) is 9.99. The highest BCUT2D eigenvalue weighted by Crippen LogP contribution is 2.22. The van der Waals surface area contributed by atoms with Crippen LogP contribution in [-0.4, -0.2) is 22.0 Å². The Bertz CT molecular complexity index is 1210. The van der Waals surface area contributed by atoms with Gasteiger partial charge in [0.05, 0.1) is 6.54 Å². The fraction of sp³-hybridized carbons (Fsp3) is 0.261. The minimum Gasteiger partial charge on any atom is -0.383 e. The summed E-state index contributed by atoms with van der Waals surface area (Å²) in [6.07, 6.45) is 0.543. The summed E-state index contributed by atoms with van der Waals surface area (Å²) in [6.45, 7) is 5.34. The fourth-order valence-corrected chi connectivity index (χ4v) is 3.52. The van der Waals surface area contributed by atoms with E-state index in [9.17, 15) is 18.8 Å². The molecular weight excluding hydrogens is 399 g/mol. The maximum atomic E-state index is 14.0. The number of nitrogen functional groups attached to an aromatic ring is 1. The predicted molar refractivity (Wildman–Crippen MR) is 119 cm³/mol. The minimum absolute atomic E-state index is 0.0954. The highest BCUT2D eigenvalue weighted by Gasteiger charge is 2.25. The van der Waals surface area contributed by atoms with Crippen LogP contribution in [0, 0.1) is 19.7 Å². The molecule has 0 saturated heterocycles. The summed E-state index contributed by atoms with van der Waals surface area (Å²) in [5, 5.41) is 0. The Kier molecular flexibility index (Phi) is 6.39. The lowest BCUT2D eigenvalue weighted by Crippen LogP contribution is -2.41. The fourth-order valence-electron chi connectivity index (χ4n) is 3.52. The molecular formula is C23H25FN4O3. The van der Waals surface area contributed by atoms with Crippen LogP contribution in [0.4, 0.5) is 15.9 Å². The first-order valence-electron chi connectivity index (χ1n) is 9.99. The first kappa shape index (κ1) is 22.0. The molecule has 0 saturated carbocycles. The third-order valence-corrected chi connectivity index (χ3v) is 5.04.